The zero-order chi connectivity index (χ0) is 15.9. The average molecular weight is 294 g/mol. The zero-order valence-electron chi connectivity index (χ0n) is 13.9. The highest BCUT2D eigenvalue weighted by atomic mass is 16.5. The van der Waals surface area contributed by atoms with Crippen LogP contribution < -0.4 is 0 Å². The van der Waals surface area contributed by atoms with Crippen LogP contribution in [0.2, 0.25) is 0 Å². The van der Waals surface area contributed by atoms with E-state index in [1.54, 1.807) is 7.11 Å². The fraction of sp³-hybridized carbons (Fsp3) is 0.722. The number of carbonyl (C=O) groups is 1. The number of carboxylic acids is 1. The topological polar surface area (TPSA) is 46.5 Å². The lowest BCUT2D eigenvalue weighted by Gasteiger charge is -2.39. The second kappa shape index (κ2) is 8.38. The Morgan fingerprint density at radius 3 is 2.62 bits per heavy atom. The molecule has 1 aliphatic rings. The smallest absolute Gasteiger partial charge is 0.314 e. The fourth-order valence-corrected chi connectivity index (χ4v) is 3.54. The van der Waals surface area contributed by atoms with Crippen LogP contribution in [0.5, 0.6) is 0 Å². The van der Waals surface area contributed by atoms with Gasteiger partial charge in [0.2, 0.25) is 0 Å². The summed E-state index contributed by atoms with van der Waals surface area (Å²) in [5.41, 5.74) is 1.49. The molecule has 0 saturated heterocycles. The summed E-state index contributed by atoms with van der Waals surface area (Å²) in [5, 5.41) is 9.94. The Bertz CT molecular complexity index is 409. The van der Waals surface area contributed by atoms with Gasteiger partial charge in [-0.05, 0) is 26.7 Å². The summed E-state index contributed by atoms with van der Waals surface area (Å²) < 4.78 is 5.20. The van der Waals surface area contributed by atoms with E-state index in [-0.39, 0.29) is 5.92 Å². The van der Waals surface area contributed by atoms with Crippen molar-refractivity contribution in [3.63, 3.8) is 0 Å². The van der Waals surface area contributed by atoms with Crippen molar-refractivity contribution >= 4 is 5.97 Å². The van der Waals surface area contributed by atoms with Crippen molar-refractivity contribution in [2.75, 3.05) is 13.7 Å². The van der Waals surface area contributed by atoms with E-state index >= 15 is 0 Å². The SMILES string of the molecule is CCCCCCC1(C(=O)O)C=C(C)C=C(C)C1CCOC. The molecule has 120 valence electrons. The maximum atomic E-state index is 12.1. The normalized spacial score (nSPS) is 25.4. The van der Waals surface area contributed by atoms with Gasteiger partial charge in [-0.25, -0.2) is 0 Å². The highest BCUT2D eigenvalue weighted by Crippen LogP contribution is 2.45. The monoisotopic (exact) mass is 294 g/mol. The van der Waals surface area contributed by atoms with Crippen molar-refractivity contribution in [1.29, 1.82) is 0 Å². The van der Waals surface area contributed by atoms with Crippen LogP contribution in [0.1, 0.15) is 59.3 Å². The molecule has 1 rings (SSSR count). The number of unbranched alkanes of at least 4 members (excludes halogenated alkanes) is 3. The second-order valence-corrected chi connectivity index (χ2v) is 6.27. The molecule has 0 bridgehead atoms. The molecule has 0 radical (unpaired) electrons. The molecule has 0 heterocycles. The number of ether oxygens (including phenoxy) is 1. The summed E-state index contributed by atoms with van der Waals surface area (Å²) in [6, 6.07) is 0. The van der Waals surface area contributed by atoms with Gasteiger partial charge in [0.15, 0.2) is 0 Å². The Balaban J connectivity index is 2.98. The molecule has 2 unspecified atom stereocenters. The fourth-order valence-electron chi connectivity index (χ4n) is 3.54. The number of methoxy groups -OCH3 is 1. The Hall–Kier alpha value is -1.09. The van der Waals surface area contributed by atoms with Gasteiger partial charge in [0, 0.05) is 19.6 Å². The zero-order valence-corrected chi connectivity index (χ0v) is 13.9. The molecule has 0 aliphatic heterocycles. The third-order valence-electron chi connectivity index (χ3n) is 4.56. The highest BCUT2D eigenvalue weighted by molar-refractivity contribution is 5.79. The third-order valence-corrected chi connectivity index (χ3v) is 4.56. The number of aliphatic carboxylic acids is 1. The Kier molecular flexibility index (Phi) is 7.16. The molecule has 1 aliphatic carbocycles. The highest BCUT2D eigenvalue weighted by Gasteiger charge is 2.45. The molecule has 0 saturated carbocycles. The maximum Gasteiger partial charge on any atom is 0.314 e. The number of hydrogen-bond donors (Lipinski definition) is 1. The van der Waals surface area contributed by atoms with Crippen molar-refractivity contribution < 1.29 is 14.6 Å². The van der Waals surface area contributed by atoms with E-state index in [4.69, 9.17) is 4.74 Å². The molecule has 2 atom stereocenters. The van der Waals surface area contributed by atoms with E-state index in [1.165, 1.54) is 18.4 Å². The van der Waals surface area contributed by atoms with E-state index in [0.29, 0.717) is 6.61 Å². The van der Waals surface area contributed by atoms with Crippen LogP contribution in [0.15, 0.2) is 23.3 Å². The Morgan fingerprint density at radius 1 is 1.33 bits per heavy atom. The minimum atomic E-state index is -0.755. The lowest BCUT2D eigenvalue weighted by atomic mass is 9.64. The van der Waals surface area contributed by atoms with E-state index < -0.39 is 11.4 Å². The second-order valence-electron chi connectivity index (χ2n) is 6.27. The van der Waals surface area contributed by atoms with Crippen LogP contribution >= 0.6 is 0 Å². The third kappa shape index (κ3) is 4.44. The lowest BCUT2D eigenvalue weighted by Crippen LogP contribution is -2.40. The van der Waals surface area contributed by atoms with Gasteiger partial charge in [0.05, 0.1) is 5.41 Å². The Labute approximate surface area is 129 Å². The molecular formula is C18H30O3. The van der Waals surface area contributed by atoms with Gasteiger partial charge >= 0.3 is 5.97 Å². The number of rotatable bonds is 9. The van der Waals surface area contributed by atoms with Crippen molar-refractivity contribution in [1.82, 2.24) is 0 Å². The molecule has 0 fully saturated rings. The van der Waals surface area contributed by atoms with Gasteiger partial charge in [-0.15, -0.1) is 0 Å². The first-order valence-corrected chi connectivity index (χ1v) is 8.08. The summed E-state index contributed by atoms with van der Waals surface area (Å²) in [7, 11) is 1.67. The minimum Gasteiger partial charge on any atom is -0.481 e. The molecule has 0 aromatic rings. The van der Waals surface area contributed by atoms with Gasteiger partial charge in [-0.3, -0.25) is 4.79 Å². The molecule has 21 heavy (non-hydrogen) atoms. The minimum absolute atomic E-state index is 0.0419. The van der Waals surface area contributed by atoms with Crippen LogP contribution in [0.25, 0.3) is 0 Å². The quantitative estimate of drug-likeness (QED) is 0.633. The summed E-state index contributed by atoms with van der Waals surface area (Å²) >= 11 is 0. The van der Waals surface area contributed by atoms with Crippen molar-refractivity contribution in [2.45, 2.75) is 59.3 Å². The number of allylic oxidation sites excluding steroid dienone is 3. The molecule has 3 heteroatoms. The van der Waals surface area contributed by atoms with Crippen LogP contribution in [-0.4, -0.2) is 24.8 Å². The summed E-state index contributed by atoms with van der Waals surface area (Å²) in [5.74, 6) is -0.646. The van der Waals surface area contributed by atoms with Gasteiger partial charge in [0.25, 0.3) is 0 Å². The first kappa shape index (κ1) is 18.0. The molecular weight excluding hydrogens is 264 g/mol. The standard InChI is InChI=1S/C18H30O3/c1-5-6-7-8-10-18(17(19)20)13-14(2)12-15(3)16(18)9-11-21-4/h12-13,16H,5-11H2,1-4H3,(H,19,20). The summed E-state index contributed by atoms with van der Waals surface area (Å²) in [6.07, 6.45) is 10.0. The van der Waals surface area contributed by atoms with Crippen LogP contribution in [0.3, 0.4) is 0 Å². The predicted molar refractivity (Wildman–Crippen MR) is 86.3 cm³/mol. The molecule has 1 N–H and O–H groups in total. The van der Waals surface area contributed by atoms with Gasteiger partial charge in [-0.2, -0.15) is 0 Å². The van der Waals surface area contributed by atoms with Crippen LogP contribution in [0, 0.1) is 11.3 Å². The van der Waals surface area contributed by atoms with E-state index in [1.807, 2.05) is 13.0 Å². The van der Waals surface area contributed by atoms with E-state index in [9.17, 15) is 9.90 Å². The van der Waals surface area contributed by atoms with Crippen LogP contribution in [-0.2, 0) is 9.53 Å². The number of carboxylic acid groups (broad SMARTS) is 1. The van der Waals surface area contributed by atoms with Gasteiger partial charge in [0.1, 0.15) is 0 Å². The average Bonchev–Trinajstić information content (AvgIpc) is 2.42. The van der Waals surface area contributed by atoms with Crippen molar-refractivity contribution in [3.05, 3.63) is 23.3 Å². The van der Waals surface area contributed by atoms with E-state index in [0.717, 1.165) is 31.3 Å². The van der Waals surface area contributed by atoms with Gasteiger partial charge < -0.3 is 9.84 Å². The van der Waals surface area contributed by atoms with Crippen molar-refractivity contribution in [2.24, 2.45) is 11.3 Å². The predicted octanol–water partition coefficient (Wildman–Crippen LogP) is 4.59. The maximum absolute atomic E-state index is 12.1. The number of hydrogen-bond acceptors (Lipinski definition) is 2. The van der Waals surface area contributed by atoms with Crippen molar-refractivity contribution in [3.8, 4) is 0 Å². The largest absolute Gasteiger partial charge is 0.481 e. The molecule has 0 aromatic heterocycles. The molecule has 0 aromatic carbocycles. The van der Waals surface area contributed by atoms with Crippen LogP contribution in [0.4, 0.5) is 0 Å². The van der Waals surface area contributed by atoms with Gasteiger partial charge in [-0.1, -0.05) is 55.9 Å². The van der Waals surface area contributed by atoms with E-state index in [2.05, 4.69) is 19.9 Å². The summed E-state index contributed by atoms with van der Waals surface area (Å²) in [4.78, 5) is 12.1. The molecule has 3 nitrogen and oxygen atoms in total. The first-order valence-electron chi connectivity index (χ1n) is 8.08. The summed E-state index contributed by atoms with van der Waals surface area (Å²) in [6.45, 7) is 6.83. The molecule has 0 amide bonds. The lowest BCUT2D eigenvalue weighted by molar-refractivity contribution is -0.149. The first-order chi connectivity index (χ1) is 9.97. The molecule has 0 spiro atoms. The Morgan fingerprint density at radius 2 is 2.05 bits per heavy atom.